The summed E-state index contributed by atoms with van der Waals surface area (Å²) < 4.78 is 95.1. The highest BCUT2D eigenvalue weighted by atomic mass is 32.1. The number of nitrogens with two attached hydrogens (primary N) is 1. The fraction of sp³-hybridized carbons (Fsp3) is 0.419. The van der Waals surface area contributed by atoms with E-state index >= 15 is 0 Å². The van der Waals surface area contributed by atoms with Crippen LogP contribution in [0.5, 0.6) is 0 Å². The van der Waals surface area contributed by atoms with E-state index in [0.717, 1.165) is 18.3 Å². The van der Waals surface area contributed by atoms with Crippen LogP contribution in [0.3, 0.4) is 0 Å². The lowest BCUT2D eigenvalue weighted by molar-refractivity contribution is -0.139. The molecule has 298 valence electrons. The van der Waals surface area contributed by atoms with Crippen molar-refractivity contribution in [1.82, 2.24) is 20.7 Å². The van der Waals surface area contributed by atoms with Crippen LogP contribution in [0.2, 0.25) is 0 Å². The Balaban J connectivity index is 0.00000193. The summed E-state index contributed by atoms with van der Waals surface area (Å²) >= 11 is 3.89. The Morgan fingerprint density at radius 3 is 1.85 bits per heavy atom. The van der Waals surface area contributed by atoms with E-state index in [1.807, 2.05) is 9.24 Å². The Morgan fingerprint density at radius 2 is 1.40 bits per heavy atom. The highest BCUT2D eigenvalue weighted by molar-refractivity contribution is 7.78. The first kappa shape index (κ1) is 45.4. The SMILES string of the molecule is NC=C=O.O=C(CCC(CNC(=O)c1cc2c(c(C(F)(F)F)c1)COB2O)NC(=O)c1cc2c(c(C(F)(F)F)c1)COB2O)NCCCCC(NS)C(=O)P. The number of carbonyl (C=O) groups excluding carboxylic acids is 5. The second-order valence-electron chi connectivity index (χ2n) is 12.1. The summed E-state index contributed by atoms with van der Waals surface area (Å²) in [6.45, 7) is -1.32. The van der Waals surface area contributed by atoms with E-state index in [0.29, 0.717) is 31.4 Å². The lowest BCUT2D eigenvalue weighted by Crippen LogP contribution is -2.45. The number of rotatable bonds is 15. The fourth-order valence-corrected chi connectivity index (χ4v) is 6.25. The topological polar surface area (TPSA) is 218 Å². The van der Waals surface area contributed by atoms with Crippen molar-refractivity contribution in [3.63, 3.8) is 0 Å². The average Bonchev–Trinajstić information content (AvgIpc) is 3.70. The average molecular weight is 821 g/mol. The van der Waals surface area contributed by atoms with E-state index < -0.39 is 98.4 Å². The van der Waals surface area contributed by atoms with Gasteiger partial charge in [0.05, 0.1) is 36.6 Å². The summed E-state index contributed by atoms with van der Waals surface area (Å²) in [5, 5.41) is 27.5. The molecular weight excluding hydrogens is 785 g/mol. The van der Waals surface area contributed by atoms with Crippen molar-refractivity contribution in [3.05, 3.63) is 63.8 Å². The predicted octanol–water partition coefficient (Wildman–Crippen LogP) is 0.250. The van der Waals surface area contributed by atoms with E-state index in [1.54, 1.807) is 0 Å². The Bertz CT molecular complexity index is 1790. The van der Waals surface area contributed by atoms with Gasteiger partial charge in [0.15, 0.2) is 5.52 Å². The molecule has 3 atom stereocenters. The minimum Gasteiger partial charge on any atom is -0.423 e. The molecule has 3 unspecified atom stereocenters. The summed E-state index contributed by atoms with van der Waals surface area (Å²) in [5.74, 6) is -1.25. The highest BCUT2D eigenvalue weighted by Gasteiger charge is 2.42. The zero-order chi connectivity index (χ0) is 41.1. The number of amides is 3. The largest absolute Gasteiger partial charge is 0.491 e. The van der Waals surface area contributed by atoms with E-state index in [9.17, 15) is 55.6 Å². The molecular formula is C31H36B2F6N5O9PS. The number of hydrogen-bond donors (Lipinski definition) is 8. The van der Waals surface area contributed by atoms with Crippen molar-refractivity contribution in [1.29, 1.82) is 0 Å². The molecule has 55 heavy (non-hydrogen) atoms. The van der Waals surface area contributed by atoms with Gasteiger partial charge < -0.3 is 41.0 Å². The molecule has 2 aromatic carbocycles. The number of halogens is 6. The second kappa shape index (κ2) is 20.3. The number of carbonyl (C=O) groups is 4. The zero-order valence-corrected chi connectivity index (χ0v) is 30.7. The first-order valence-electron chi connectivity index (χ1n) is 16.3. The van der Waals surface area contributed by atoms with Crippen LogP contribution in [0, 0.1) is 0 Å². The minimum atomic E-state index is -4.90. The molecule has 4 rings (SSSR count). The molecule has 0 aromatic heterocycles. The maximum Gasteiger partial charge on any atom is 0.491 e. The predicted molar refractivity (Wildman–Crippen MR) is 192 cm³/mol. The lowest BCUT2D eigenvalue weighted by Gasteiger charge is -2.21. The molecule has 2 aliphatic rings. The first-order valence-corrected chi connectivity index (χ1v) is 17.4. The smallest absolute Gasteiger partial charge is 0.423 e. The van der Waals surface area contributed by atoms with Crippen LogP contribution >= 0.6 is 22.1 Å². The third kappa shape index (κ3) is 12.8. The summed E-state index contributed by atoms with van der Waals surface area (Å²) in [5.41, 5.74) is -0.282. The van der Waals surface area contributed by atoms with Gasteiger partial charge in [0.2, 0.25) is 5.91 Å². The van der Waals surface area contributed by atoms with Gasteiger partial charge in [0, 0.05) is 36.7 Å². The molecule has 8 N–H and O–H groups in total. The molecule has 14 nitrogen and oxygen atoms in total. The van der Waals surface area contributed by atoms with Gasteiger partial charge in [-0.05, 0) is 72.0 Å². The fourth-order valence-electron chi connectivity index (χ4n) is 5.60. The normalized spacial score (nSPS) is 14.4. The quantitative estimate of drug-likeness (QED) is 0.0304. The number of unbranched alkanes of at least 4 members (excludes halogenated alkanes) is 1. The van der Waals surface area contributed by atoms with Crippen molar-refractivity contribution < 1.29 is 69.7 Å². The van der Waals surface area contributed by atoms with Crippen LogP contribution < -0.4 is 37.3 Å². The van der Waals surface area contributed by atoms with Gasteiger partial charge in [-0.3, -0.25) is 23.9 Å². The standard InChI is InChI=1S/C29H33B2F6N4O8PS.C2H3NO/c32-28(33,34)19-7-14(9-21-17(19)12-48-30(21)46)25(43)39-11-16(4-5-24(42)38-6-2-1-3-23(41-51)27(45)50)40-26(44)15-8-20(29(35,36)37)18-13-49-31(47)22(18)10-15;3-1-2-4/h7-10,16,23,41,46-47,51H,1-6,11-13,50H2,(H,38,42)(H,39,43)(H,40,44);1H,3H2. The third-order valence-corrected chi connectivity index (χ3v) is 9.09. The van der Waals surface area contributed by atoms with Crippen LogP contribution in [0.15, 0.2) is 30.5 Å². The molecule has 0 aliphatic carbocycles. The second-order valence-corrected chi connectivity index (χ2v) is 13.0. The van der Waals surface area contributed by atoms with Gasteiger partial charge >= 0.3 is 26.6 Å². The maximum absolute atomic E-state index is 13.8. The van der Waals surface area contributed by atoms with Crippen molar-refractivity contribution in [3.8, 4) is 0 Å². The van der Waals surface area contributed by atoms with Gasteiger partial charge in [0.1, 0.15) is 5.94 Å². The molecule has 0 spiro atoms. The van der Waals surface area contributed by atoms with Crippen LogP contribution in [0.4, 0.5) is 26.3 Å². The number of fused-ring (bicyclic) bond motifs is 2. The van der Waals surface area contributed by atoms with Gasteiger partial charge in [-0.2, -0.15) is 26.3 Å². The first-order chi connectivity index (χ1) is 25.8. The van der Waals surface area contributed by atoms with Crippen LogP contribution in [-0.2, 0) is 49.3 Å². The molecule has 2 aliphatic heterocycles. The molecule has 0 saturated carbocycles. The van der Waals surface area contributed by atoms with Crippen LogP contribution in [-0.4, -0.2) is 78.6 Å². The van der Waals surface area contributed by atoms with Crippen molar-refractivity contribution in [2.24, 2.45) is 5.73 Å². The van der Waals surface area contributed by atoms with Gasteiger partial charge in [0.25, 0.3) is 11.8 Å². The summed E-state index contributed by atoms with van der Waals surface area (Å²) in [6.07, 6.45) is -7.86. The molecule has 0 saturated heterocycles. The number of hydrogen-bond acceptors (Lipinski definition) is 12. The van der Waals surface area contributed by atoms with E-state index in [4.69, 9.17) is 14.1 Å². The molecule has 2 heterocycles. The minimum absolute atomic E-state index is 0.168. The van der Waals surface area contributed by atoms with E-state index in [2.05, 4.69) is 39.2 Å². The number of nitrogens with one attached hydrogen (secondary N) is 4. The number of thiol groups is 1. The summed E-state index contributed by atoms with van der Waals surface area (Å²) in [7, 11) is -1.37. The summed E-state index contributed by atoms with van der Waals surface area (Å²) in [6, 6.07) is 1.59. The van der Waals surface area contributed by atoms with Crippen LogP contribution in [0.25, 0.3) is 0 Å². The molecule has 0 fully saturated rings. The number of benzene rings is 2. The Labute approximate surface area is 318 Å². The molecule has 0 bridgehead atoms. The van der Waals surface area contributed by atoms with Gasteiger partial charge in [-0.1, -0.05) is 22.1 Å². The van der Waals surface area contributed by atoms with Gasteiger partial charge in [-0.25, -0.2) is 4.79 Å². The third-order valence-electron chi connectivity index (χ3n) is 8.38. The van der Waals surface area contributed by atoms with Gasteiger partial charge in [-0.15, -0.1) is 0 Å². The Morgan fingerprint density at radius 1 is 0.891 bits per heavy atom. The van der Waals surface area contributed by atoms with Crippen molar-refractivity contribution in [2.75, 3.05) is 13.1 Å². The molecule has 2 aromatic rings. The lowest BCUT2D eigenvalue weighted by atomic mass is 9.77. The molecule has 0 radical (unpaired) electrons. The molecule has 24 heteroatoms. The van der Waals surface area contributed by atoms with Crippen molar-refractivity contribution >= 4 is 76.4 Å². The van der Waals surface area contributed by atoms with E-state index in [1.165, 1.54) is 5.94 Å². The monoisotopic (exact) mass is 821 g/mol. The zero-order valence-electron chi connectivity index (χ0n) is 28.7. The van der Waals surface area contributed by atoms with E-state index in [-0.39, 0.29) is 47.0 Å². The highest BCUT2D eigenvalue weighted by Crippen LogP contribution is 2.35. The summed E-state index contributed by atoms with van der Waals surface area (Å²) in [4.78, 5) is 59.3. The van der Waals surface area contributed by atoms with Crippen LogP contribution in [0.1, 0.15) is 75.1 Å². The van der Waals surface area contributed by atoms with Crippen molar-refractivity contribution in [2.45, 2.75) is 69.8 Å². The Kier molecular flexibility index (Phi) is 16.8. The number of alkyl halides is 6. The molecule has 3 amide bonds. The Hall–Kier alpha value is -3.94. The maximum atomic E-state index is 13.8.